The molecule has 2 nitrogen and oxygen atoms in total. The Kier molecular flexibility index (Phi) is 4.85. The van der Waals surface area contributed by atoms with Crippen LogP contribution >= 0.6 is 0 Å². The second-order valence-corrected chi connectivity index (χ2v) is 6.90. The molecule has 0 atom stereocenters. The molecule has 0 heterocycles. The van der Waals surface area contributed by atoms with Crippen molar-refractivity contribution in [1.82, 2.24) is 0 Å². The molecule has 0 aliphatic rings. The molecule has 0 saturated carbocycles. The molecule has 0 radical (unpaired) electrons. The number of fused-ring (bicyclic) bond motifs is 2. The zero-order valence-corrected chi connectivity index (χ0v) is 15.7. The first-order valence-corrected chi connectivity index (χ1v) is 8.74. The van der Waals surface area contributed by atoms with E-state index in [1.807, 2.05) is 38.1 Å². The minimum Gasteiger partial charge on any atom is -0.507 e. The lowest BCUT2D eigenvalue weighted by molar-refractivity contribution is 0.481. The van der Waals surface area contributed by atoms with E-state index >= 15 is 0 Å². The van der Waals surface area contributed by atoms with Crippen molar-refractivity contribution in [2.45, 2.75) is 27.7 Å². The van der Waals surface area contributed by atoms with Crippen LogP contribution in [0.5, 0.6) is 11.5 Å². The Balaban J connectivity index is 0.000000151. The normalized spacial score (nSPS) is 10.6. The number of phenols is 2. The molecule has 0 spiro atoms. The van der Waals surface area contributed by atoms with Crippen molar-refractivity contribution in [3.8, 4) is 11.5 Å². The smallest absolute Gasteiger partial charge is 0.123 e. The van der Waals surface area contributed by atoms with Crippen LogP contribution in [0.4, 0.5) is 0 Å². The third-order valence-electron chi connectivity index (χ3n) is 4.73. The SMILES string of the molecule is Cc1ccc2c(C)ccc(O)c2c1.Cc1ccc2c(C)ccc(O)c2c1. The Morgan fingerprint density at radius 2 is 0.846 bits per heavy atom. The van der Waals surface area contributed by atoms with Gasteiger partial charge in [0.15, 0.2) is 0 Å². The topological polar surface area (TPSA) is 40.5 Å². The molecule has 0 saturated heterocycles. The third kappa shape index (κ3) is 3.50. The van der Waals surface area contributed by atoms with Gasteiger partial charge in [-0.25, -0.2) is 0 Å². The number of aromatic hydroxyl groups is 2. The van der Waals surface area contributed by atoms with Gasteiger partial charge in [-0.3, -0.25) is 0 Å². The molecule has 132 valence electrons. The maximum Gasteiger partial charge on any atom is 0.123 e. The molecule has 0 aromatic heterocycles. The maximum absolute atomic E-state index is 9.62. The maximum atomic E-state index is 9.62. The molecule has 0 aliphatic carbocycles. The molecular formula is C24H24O2. The van der Waals surface area contributed by atoms with E-state index < -0.39 is 0 Å². The van der Waals surface area contributed by atoms with Gasteiger partial charge in [-0.1, -0.05) is 47.5 Å². The van der Waals surface area contributed by atoms with E-state index in [4.69, 9.17) is 0 Å². The Morgan fingerprint density at radius 3 is 1.23 bits per heavy atom. The number of hydrogen-bond donors (Lipinski definition) is 2. The summed E-state index contributed by atoms with van der Waals surface area (Å²) in [5.74, 6) is 0.730. The van der Waals surface area contributed by atoms with E-state index in [0.29, 0.717) is 11.5 Å². The average molecular weight is 344 g/mol. The number of benzene rings is 4. The van der Waals surface area contributed by atoms with Crippen molar-refractivity contribution in [3.05, 3.63) is 82.9 Å². The Morgan fingerprint density at radius 1 is 0.462 bits per heavy atom. The van der Waals surface area contributed by atoms with Crippen LogP contribution in [-0.2, 0) is 0 Å². The predicted molar refractivity (Wildman–Crippen MR) is 110 cm³/mol. The lowest BCUT2D eigenvalue weighted by atomic mass is 10.0. The highest BCUT2D eigenvalue weighted by atomic mass is 16.3. The van der Waals surface area contributed by atoms with Gasteiger partial charge < -0.3 is 10.2 Å². The quantitative estimate of drug-likeness (QED) is 0.391. The van der Waals surface area contributed by atoms with E-state index in [1.54, 1.807) is 12.1 Å². The second-order valence-electron chi connectivity index (χ2n) is 6.90. The largest absolute Gasteiger partial charge is 0.507 e. The molecule has 4 aromatic carbocycles. The van der Waals surface area contributed by atoms with Gasteiger partial charge in [-0.05, 0) is 73.9 Å². The third-order valence-corrected chi connectivity index (χ3v) is 4.73. The summed E-state index contributed by atoms with van der Waals surface area (Å²) in [5.41, 5.74) is 4.75. The van der Waals surface area contributed by atoms with E-state index in [1.165, 1.54) is 22.3 Å². The van der Waals surface area contributed by atoms with Crippen molar-refractivity contribution in [3.63, 3.8) is 0 Å². The van der Waals surface area contributed by atoms with Gasteiger partial charge in [0, 0.05) is 10.8 Å². The van der Waals surface area contributed by atoms with Gasteiger partial charge in [0.1, 0.15) is 11.5 Å². The molecule has 0 bridgehead atoms. The summed E-state index contributed by atoms with van der Waals surface area (Å²) in [5, 5.41) is 23.4. The van der Waals surface area contributed by atoms with Crippen LogP contribution < -0.4 is 0 Å². The number of hydrogen-bond acceptors (Lipinski definition) is 2. The summed E-state index contributed by atoms with van der Waals surface area (Å²) in [6.07, 6.45) is 0. The monoisotopic (exact) mass is 344 g/mol. The summed E-state index contributed by atoms with van der Waals surface area (Å²) >= 11 is 0. The molecule has 4 rings (SSSR count). The Bertz CT molecular complexity index is 1010. The molecular weight excluding hydrogens is 320 g/mol. The van der Waals surface area contributed by atoms with Crippen molar-refractivity contribution < 1.29 is 10.2 Å². The molecule has 26 heavy (non-hydrogen) atoms. The van der Waals surface area contributed by atoms with E-state index in [9.17, 15) is 10.2 Å². The highest BCUT2D eigenvalue weighted by molar-refractivity contribution is 5.91. The number of aryl methyl sites for hydroxylation is 4. The van der Waals surface area contributed by atoms with E-state index in [0.717, 1.165) is 21.5 Å². The summed E-state index contributed by atoms with van der Waals surface area (Å²) in [6.45, 7) is 8.16. The van der Waals surface area contributed by atoms with Crippen molar-refractivity contribution >= 4 is 21.5 Å². The fourth-order valence-corrected chi connectivity index (χ4v) is 3.19. The summed E-state index contributed by atoms with van der Waals surface area (Å²) < 4.78 is 0. The minimum absolute atomic E-state index is 0.365. The van der Waals surface area contributed by atoms with Gasteiger partial charge >= 0.3 is 0 Å². The van der Waals surface area contributed by atoms with Gasteiger partial charge in [0.05, 0.1) is 0 Å². The molecule has 0 aliphatic heterocycles. The lowest BCUT2D eigenvalue weighted by Crippen LogP contribution is -1.80. The van der Waals surface area contributed by atoms with Crippen molar-refractivity contribution in [1.29, 1.82) is 0 Å². The number of phenolic OH excluding ortho intramolecular Hbond substituents is 2. The Hall–Kier alpha value is -3.00. The van der Waals surface area contributed by atoms with Crippen LogP contribution in [-0.4, -0.2) is 10.2 Å². The molecule has 4 aromatic rings. The van der Waals surface area contributed by atoms with Crippen LogP contribution in [0.15, 0.2) is 60.7 Å². The van der Waals surface area contributed by atoms with Gasteiger partial charge in [0.2, 0.25) is 0 Å². The van der Waals surface area contributed by atoms with Gasteiger partial charge in [0.25, 0.3) is 0 Å². The first kappa shape index (κ1) is 17.8. The Labute approximate surface area is 154 Å². The first-order valence-electron chi connectivity index (χ1n) is 8.74. The van der Waals surface area contributed by atoms with Gasteiger partial charge in [-0.15, -0.1) is 0 Å². The lowest BCUT2D eigenvalue weighted by Gasteiger charge is -2.04. The average Bonchev–Trinajstić information content (AvgIpc) is 2.62. The highest BCUT2D eigenvalue weighted by Gasteiger charge is 2.02. The summed E-state index contributed by atoms with van der Waals surface area (Å²) in [4.78, 5) is 0. The second kappa shape index (κ2) is 7.09. The molecule has 0 unspecified atom stereocenters. The van der Waals surface area contributed by atoms with Crippen LogP contribution in [0.1, 0.15) is 22.3 Å². The summed E-state index contributed by atoms with van der Waals surface area (Å²) in [7, 11) is 0. The zero-order chi connectivity index (χ0) is 18.8. The standard InChI is InChI=1S/2C12H12O/c2*1-8-3-5-10-9(2)4-6-12(13)11(10)7-8/h2*3-7,13H,1-2H3. The fourth-order valence-electron chi connectivity index (χ4n) is 3.19. The molecule has 2 heteroatoms. The first-order chi connectivity index (χ1) is 12.4. The number of rotatable bonds is 0. The van der Waals surface area contributed by atoms with Crippen LogP contribution in [0.3, 0.4) is 0 Å². The fraction of sp³-hybridized carbons (Fsp3) is 0.167. The summed E-state index contributed by atoms with van der Waals surface area (Å²) in [6, 6.07) is 19.6. The van der Waals surface area contributed by atoms with Crippen molar-refractivity contribution in [2.75, 3.05) is 0 Å². The predicted octanol–water partition coefficient (Wildman–Crippen LogP) is 6.32. The molecule has 0 amide bonds. The van der Waals surface area contributed by atoms with Crippen LogP contribution in [0.25, 0.3) is 21.5 Å². The molecule has 2 N–H and O–H groups in total. The van der Waals surface area contributed by atoms with Crippen molar-refractivity contribution in [2.24, 2.45) is 0 Å². The zero-order valence-electron chi connectivity index (χ0n) is 15.7. The van der Waals surface area contributed by atoms with Crippen LogP contribution in [0.2, 0.25) is 0 Å². The van der Waals surface area contributed by atoms with E-state index in [-0.39, 0.29) is 0 Å². The highest BCUT2D eigenvalue weighted by Crippen LogP contribution is 2.28. The van der Waals surface area contributed by atoms with Gasteiger partial charge in [-0.2, -0.15) is 0 Å². The van der Waals surface area contributed by atoms with E-state index in [2.05, 4.69) is 38.1 Å². The van der Waals surface area contributed by atoms with Crippen LogP contribution in [0, 0.1) is 27.7 Å². The minimum atomic E-state index is 0.365. The molecule has 0 fully saturated rings.